The van der Waals surface area contributed by atoms with Crippen LogP contribution in [0.3, 0.4) is 0 Å². The summed E-state index contributed by atoms with van der Waals surface area (Å²) in [6, 6.07) is 0.217. The number of nitrogens with two attached hydrogens (primary N) is 1. The van der Waals surface area contributed by atoms with Gasteiger partial charge in [-0.3, -0.25) is 0 Å². The van der Waals surface area contributed by atoms with Crippen LogP contribution in [0.25, 0.3) is 5.95 Å². The molecule has 0 aliphatic heterocycles. The lowest BCUT2D eigenvalue weighted by Crippen LogP contribution is -2.07. The molecule has 8 nitrogen and oxygen atoms in total. The van der Waals surface area contributed by atoms with Crippen LogP contribution >= 0.6 is 11.6 Å². The molecule has 2 heterocycles. The van der Waals surface area contributed by atoms with Gasteiger partial charge in [0.1, 0.15) is 5.02 Å². The fraction of sp³-hybridized carbons (Fsp3) is 0.250. The van der Waals surface area contributed by atoms with Crippen LogP contribution in [-0.4, -0.2) is 39.0 Å². The number of nitrogen functional groups attached to an aromatic ring is 1. The van der Waals surface area contributed by atoms with Gasteiger partial charge in [0.2, 0.25) is 0 Å². The van der Waals surface area contributed by atoms with E-state index >= 15 is 0 Å². The number of hydrogen-bond acceptors (Lipinski definition) is 7. The van der Waals surface area contributed by atoms with Crippen molar-refractivity contribution < 1.29 is 9.47 Å². The molecule has 0 amide bonds. The quantitative estimate of drug-likeness (QED) is 0.843. The van der Waals surface area contributed by atoms with Crippen LogP contribution in [0, 0.1) is 0 Å². The van der Waals surface area contributed by atoms with Crippen LogP contribution in [0.5, 0.6) is 12.0 Å². The van der Waals surface area contributed by atoms with Gasteiger partial charge >= 0.3 is 12.0 Å². The Kier molecular flexibility index (Phi) is 2.96. The lowest BCUT2D eigenvalue weighted by molar-refractivity contribution is 0.338. The van der Waals surface area contributed by atoms with Crippen molar-refractivity contribution in [3.8, 4) is 18.0 Å². The normalized spacial score (nSPS) is 10.3. The summed E-state index contributed by atoms with van der Waals surface area (Å²) in [6.07, 6.45) is 1.48. The fourth-order valence-electron chi connectivity index (χ4n) is 1.08. The van der Waals surface area contributed by atoms with E-state index in [-0.39, 0.29) is 23.8 Å². The maximum atomic E-state index is 5.78. The van der Waals surface area contributed by atoms with Gasteiger partial charge in [-0.2, -0.15) is 9.97 Å². The number of rotatable bonds is 3. The molecule has 0 bridgehead atoms. The highest BCUT2D eigenvalue weighted by molar-refractivity contribution is 6.32. The van der Waals surface area contributed by atoms with Gasteiger partial charge in [0.25, 0.3) is 5.95 Å². The van der Waals surface area contributed by atoms with Crippen molar-refractivity contribution in [3.05, 3.63) is 11.2 Å². The van der Waals surface area contributed by atoms with Crippen molar-refractivity contribution in [2.24, 2.45) is 0 Å². The standard InChI is InChI=1S/C8H9ClN6O2/c1-16-7-11-6(12-8(13-7)17-2)15-3-4(9)5(10)14-15/h3H,1-2H3,(H2,10,14). The Morgan fingerprint density at radius 1 is 1.18 bits per heavy atom. The second-order valence-corrected chi connectivity index (χ2v) is 3.32. The highest BCUT2D eigenvalue weighted by Crippen LogP contribution is 2.18. The number of aromatic nitrogens is 5. The van der Waals surface area contributed by atoms with Crippen molar-refractivity contribution >= 4 is 17.4 Å². The molecule has 17 heavy (non-hydrogen) atoms. The van der Waals surface area contributed by atoms with Crippen LogP contribution in [-0.2, 0) is 0 Å². The number of anilines is 1. The molecule has 0 aliphatic carbocycles. The van der Waals surface area contributed by atoms with Crippen LogP contribution in [0.4, 0.5) is 5.82 Å². The molecule has 2 rings (SSSR count). The summed E-state index contributed by atoms with van der Waals surface area (Å²) in [5, 5.41) is 4.24. The summed E-state index contributed by atoms with van der Waals surface area (Å²) in [5.74, 6) is 0.386. The van der Waals surface area contributed by atoms with Crippen LogP contribution < -0.4 is 15.2 Å². The maximum absolute atomic E-state index is 5.78. The van der Waals surface area contributed by atoms with Crippen LogP contribution in [0.2, 0.25) is 5.02 Å². The van der Waals surface area contributed by atoms with E-state index in [0.29, 0.717) is 5.02 Å². The van der Waals surface area contributed by atoms with Crippen LogP contribution in [0.15, 0.2) is 6.20 Å². The largest absolute Gasteiger partial charge is 0.467 e. The van der Waals surface area contributed by atoms with Gasteiger partial charge < -0.3 is 15.2 Å². The van der Waals surface area contributed by atoms with E-state index in [1.165, 1.54) is 25.1 Å². The minimum atomic E-state index is 0.108. The first-order chi connectivity index (χ1) is 8.13. The summed E-state index contributed by atoms with van der Waals surface area (Å²) >= 11 is 5.78. The summed E-state index contributed by atoms with van der Waals surface area (Å²) in [5.41, 5.74) is 5.52. The third-order valence-electron chi connectivity index (χ3n) is 1.85. The number of halogens is 1. The summed E-state index contributed by atoms with van der Waals surface area (Å²) in [6.45, 7) is 0. The van der Waals surface area contributed by atoms with E-state index in [2.05, 4.69) is 20.1 Å². The molecular formula is C8H9ClN6O2. The topological polar surface area (TPSA) is 101 Å². The molecule has 0 aliphatic rings. The smallest absolute Gasteiger partial charge is 0.324 e. The summed E-state index contributed by atoms with van der Waals surface area (Å²) < 4.78 is 11.1. The summed E-state index contributed by atoms with van der Waals surface area (Å²) in [7, 11) is 2.87. The molecule has 0 aromatic carbocycles. The molecule has 2 aromatic rings. The number of ether oxygens (including phenoxy) is 2. The van der Waals surface area contributed by atoms with Gasteiger partial charge in [0, 0.05) is 0 Å². The monoisotopic (exact) mass is 256 g/mol. The molecule has 2 aromatic heterocycles. The van der Waals surface area contributed by atoms with E-state index in [1.54, 1.807) is 0 Å². The minimum absolute atomic E-state index is 0.108. The van der Waals surface area contributed by atoms with Gasteiger partial charge in [0.15, 0.2) is 5.82 Å². The molecule has 2 N–H and O–H groups in total. The average molecular weight is 257 g/mol. The zero-order valence-electron chi connectivity index (χ0n) is 9.09. The Balaban J connectivity index is 2.50. The fourth-order valence-corrected chi connectivity index (χ4v) is 1.21. The third-order valence-corrected chi connectivity index (χ3v) is 2.14. The van der Waals surface area contributed by atoms with E-state index < -0.39 is 0 Å². The molecular weight excluding hydrogens is 248 g/mol. The molecule has 0 atom stereocenters. The zero-order chi connectivity index (χ0) is 12.4. The maximum Gasteiger partial charge on any atom is 0.324 e. The van der Waals surface area contributed by atoms with E-state index in [1.807, 2.05) is 0 Å². The molecule has 9 heteroatoms. The highest BCUT2D eigenvalue weighted by atomic mass is 35.5. The Hall–Kier alpha value is -2.09. The zero-order valence-corrected chi connectivity index (χ0v) is 9.84. The first kappa shape index (κ1) is 11.4. The van der Waals surface area contributed by atoms with Gasteiger partial charge in [-0.05, 0) is 0 Å². The number of nitrogens with zero attached hydrogens (tertiary/aromatic N) is 5. The molecule has 0 saturated carbocycles. The number of methoxy groups -OCH3 is 2. The molecule has 0 radical (unpaired) electrons. The molecule has 0 unspecified atom stereocenters. The SMILES string of the molecule is COc1nc(OC)nc(-n2cc(Cl)c(N)n2)n1. The molecule has 0 spiro atoms. The molecule has 0 fully saturated rings. The van der Waals surface area contributed by atoms with Crippen molar-refractivity contribution in [1.82, 2.24) is 24.7 Å². The second kappa shape index (κ2) is 4.42. The van der Waals surface area contributed by atoms with Gasteiger partial charge in [-0.25, -0.2) is 4.68 Å². The van der Waals surface area contributed by atoms with Crippen LogP contribution in [0.1, 0.15) is 0 Å². The van der Waals surface area contributed by atoms with E-state index in [9.17, 15) is 0 Å². The molecule has 90 valence electrons. The van der Waals surface area contributed by atoms with Crippen molar-refractivity contribution in [2.45, 2.75) is 0 Å². The Morgan fingerprint density at radius 2 is 1.76 bits per heavy atom. The Morgan fingerprint density at radius 3 is 2.18 bits per heavy atom. The molecule has 0 saturated heterocycles. The Bertz CT molecular complexity index is 501. The minimum Gasteiger partial charge on any atom is -0.467 e. The van der Waals surface area contributed by atoms with Gasteiger partial charge in [0.05, 0.1) is 20.4 Å². The first-order valence-corrected chi connectivity index (χ1v) is 4.87. The summed E-state index contributed by atoms with van der Waals surface area (Å²) in [4.78, 5) is 11.8. The van der Waals surface area contributed by atoms with Crippen molar-refractivity contribution in [3.63, 3.8) is 0 Å². The van der Waals surface area contributed by atoms with Gasteiger partial charge in [-0.1, -0.05) is 11.6 Å². The Labute approximate surface area is 101 Å². The second-order valence-electron chi connectivity index (χ2n) is 2.92. The van der Waals surface area contributed by atoms with Crippen molar-refractivity contribution in [2.75, 3.05) is 20.0 Å². The van der Waals surface area contributed by atoms with E-state index in [4.69, 9.17) is 26.8 Å². The number of hydrogen-bond donors (Lipinski definition) is 1. The lowest BCUT2D eigenvalue weighted by Gasteiger charge is -2.04. The lowest BCUT2D eigenvalue weighted by atomic mass is 10.6. The van der Waals surface area contributed by atoms with Gasteiger partial charge in [-0.15, -0.1) is 10.1 Å². The van der Waals surface area contributed by atoms with Crippen molar-refractivity contribution in [1.29, 1.82) is 0 Å². The predicted octanol–water partition coefficient (Wildman–Crippen LogP) is 0.310. The highest BCUT2D eigenvalue weighted by Gasteiger charge is 2.11. The van der Waals surface area contributed by atoms with E-state index in [0.717, 1.165) is 0 Å². The average Bonchev–Trinajstić information content (AvgIpc) is 2.69. The third kappa shape index (κ3) is 2.21. The predicted molar refractivity (Wildman–Crippen MR) is 59.5 cm³/mol. The first-order valence-electron chi connectivity index (χ1n) is 4.49.